The highest BCUT2D eigenvalue weighted by molar-refractivity contribution is 5.48. The van der Waals surface area contributed by atoms with Crippen molar-refractivity contribution in [3.63, 3.8) is 0 Å². The van der Waals surface area contributed by atoms with E-state index in [0.29, 0.717) is 12.6 Å². The van der Waals surface area contributed by atoms with Crippen LogP contribution in [-0.4, -0.2) is 23.7 Å². The molecule has 0 amide bonds. The molecule has 76 valence electrons. The van der Waals surface area contributed by atoms with Crippen LogP contribution in [0.25, 0.3) is 0 Å². The zero-order valence-electron chi connectivity index (χ0n) is 8.31. The molecule has 1 aliphatic heterocycles. The molecule has 1 aromatic rings. The average molecular weight is 193 g/mol. The van der Waals surface area contributed by atoms with Crippen LogP contribution in [0.5, 0.6) is 0 Å². The van der Waals surface area contributed by atoms with Crippen LogP contribution >= 0.6 is 0 Å². The molecule has 2 heterocycles. The number of hydrogen-bond acceptors (Lipinski definition) is 3. The highest BCUT2D eigenvalue weighted by Crippen LogP contribution is 2.23. The monoisotopic (exact) mass is 193 g/mol. The smallest absolute Gasteiger partial charge is 0.252 e. The van der Waals surface area contributed by atoms with Gasteiger partial charge in [-0.15, -0.1) is 0 Å². The molecule has 1 aromatic heterocycles. The maximum absolute atomic E-state index is 11.4. The molecule has 0 radical (unpaired) electrons. The predicted octanol–water partition coefficient (Wildman–Crippen LogP) is -0.0773. The summed E-state index contributed by atoms with van der Waals surface area (Å²) in [6.07, 6.45) is 2.93. The summed E-state index contributed by atoms with van der Waals surface area (Å²) in [6, 6.07) is 4.05. The van der Waals surface area contributed by atoms with Crippen LogP contribution in [-0.2, 0) is 7.05 Å². The van der Waals surface area contributed by atoms with Crippen molar-refractivity contribution < 1.29 is 0 Å². The molecule has 2 N–H and O–H groups in total. The Hall–Kier alpha value is -1.29. The Kier molecular flexibility index (Phi) is 2.29. The molecular weight excluding hydrogens is 178 g/mol. The quantitative estimate of drug-likeness (QED) is 0.715. The van der Waals surface area contributed by atoms with Gasteiger partial charge in [0.2, 0.25) is 0 Å². The fraction of sp³-hybridized carbons (Fsp3) is 0.500. The lowest BCUT2D eigenvalue weighted by Gasteiger charge is -2.42. The first-order valence-corrected chi connectivity index (χ1v) is 4.86. The summed E-state index contributed by atoms with van der Waals surface area (Å²) in [5.41, 5.74) is 6.63. The highest BCUT2D eigenvalue weighted by Gasteiger charge is 2.26. The number of nitrogens with zero attached hydrogens (tertiary/aromatic N) is 2. The molecular formula is C10H15N3O. The Morgan fingerprint density at radius 1 is 1.64 bits per heavy atom. The average Bonchev–Trinajstić information content (AvgIpc) is 2.10. The minimum Gasteiger partial charge on any atom is -0.367 e. The predicted molar refractivity (Wildman–Crippen MR) is 56.5 cm³/mol. The van der Waals surface area contributed by atoms with Gasteiger partial charge in [0.1, 0.15) is 0 Å². The summed E-state index contributed by atoms with van der Waals surface area (Å²) >= 11 is 0. The Bertz CT molecular complexity index is 383. The molecule has 4 nitrogen and oxygen atoms in total. The van der Waals surface area contributed by atoms with Crippen molar-refractivity contribution in [2.75, 3.05) is 18.0 Å². The minimum absolute atomic E-state index is 0.0326. The molecule has 0 saturated carbocycles. The van der Waals surface area contributed by atoms with Crippen molar-refractivity contribution in [3.05, 3.63) is 28.7 Å². The summed E-state index contributed by atoms with van der Waals surface area (Å²) in [7, 11) is 1.75. The first-order chi connectivity index (χ1) is 6.72. The standard InChI is InChI=1S/C10H15N3O/c1-12-4-2-8(6-10(12)14)13-5-3-9(13)7-11/h2,4,6,9H,3,5,7,11H2,1H3. The van der Waals surface area contributed by atoms with Crippen LogP contribution in [0.2, 0.25) is 0 Å². The van der Waals surface area contributed by atoms with E-state index in [1.807, 2.05) is 6.07 Å². The van der Waals surface area contributed by atoms with Gasteiger partial charge in [-0.2, -0.15) is 0 Å². The zero-order valence-corrected chi connectivity index (χ0v) is 8.31. The number of pyridine rings is 1. The Morgan fingerprint density at radius 3 is 2.93 bits per heavy atom. The second kappa shape index (κ2) is 3.46. The van der Waals surface area contributed by atoms with E-state index in [0.717, 1.165) is 18.7 Å². The maximum Gasteiger partial charge on any atom is 0.252 e. The van der Waals surface area contributed by atoms with E-state index in [9.17, 15) is 4.79 Å². The number of anilines is 1. The van der Waals surface area contributed by atoms with Crippen molar-refractivity contribution in [3.8, 4) is 0 Å². The SMILES string of the molecule is Cn1ccc(N2CCC2CN)cc1=O. The fourth-order valence-corrected chi connectivity index (χ4v) is 1.74. The summed E-state index contributed by atoms with van der Waals surface area (Å²) in [4.78, 5) is 13.6. The number of nitrogens with two attached hydrogens (primary N) is 1. The van der Waals surface area contributed by atoms with Crippen molar-refractivity contribution in [2.24, 2.45) is 12.8 Å². The fourth-order valence-electron chi connectivity index (χ4n) is 1.74. The van der Waals surface area contributed by atoms with E-state index in [1.54, 1.807) is 23.9 Å². The van der Waals surface area contributed by atoms with Gasteiger partial charge in [-0.1, -0.05) is 0 Å². The lowest BCUT2D eigenvalue weighted by atomic mass is 10.0. The first kappa shape index (κ1) is 9.27. The molecule has 4 heteroatoms. The van der Waals surface area contributed by atoms with Crippen LogP contribution < -0.4 is 16.2 Å². The molecule has 0 aromatic carbocycles. The van der Waals surface area contributed by atoms with Crippen LogP contribution in [0.15, 0.2) is 23.1 Å². The second-order valence-corrected chi connectivity index (χ2v) is 3.71. The molecule has 1 saturated heterocycles. The third kappa shape index (κ3) is 1.42. The molecule has 2 rings (SSSR count). The molecule has 0 spiro atoms. The van der Waals surface area contributed by atoms with Gasteiger partial charge in [-0.25, -0.2) is 0 Å². The van der Waals surface area contributed by atoms with Crippen LogP contribution in [0.4, 0.5) is 5.69 Å². The minimum atomic E-state index is 0.0326. The Labute approximate surface area is 82.9 Å². The molecule has 1 aliphatic rings. The Morgan fingerprint density at radius 2 is 2.43 bits per heavy atom. The van der Waals surface area contributed by atoms with Crippen LogP contribution in [0.1, 0.15) is 6.42 Å². The molecule has 0 bridgehead atoms. The summed E-state index contributed by atoms with van der Waals surface area (Å²) < 4.78 is 1.57. The van der Waals surface area contributed by atoms with Crippen LogP contribution in [0, 0.1) is 0 Å². The van der Waals surface area contributed by atoms with E-state index in [1.165, 1.54) is 0 Å². The molecule has 1 unspecified atom stereocenters. The van der Waals surface area contributed by atoms with Gasteiger partial charge < -0.3 is 15.2 Å². The lowest BCUT2D eigenvalue weighted by Crippen LogP contribution is -2.52. The lowest BCUT2D eigenvalue weighted by molar-refractivity contribution is 0.456. The largest absolute Gasteiger partial charge is 0.367 e. The second-order valence-electron chi connectivity index (χ2n) is 3.71. The van der Waals surface area contributed by atoms with Gasteiger partial charge in [0.05, 0.1) is 0 Å². The highest BCUT2D eigenvalue weighted by atomic mass is 16.1. The number of aryl methyl sites for hydroxylation is 1. The molecule has 1 fully saturated rings. The van der Waals surface area contributed by atoms with E-state index in [-0.39, 0.29) is 5.56 Å². The van der Waals surface area contributed by atoms with Crippen molar-refractivity contribution in [1.82, 2.24) is 4.57 Å². The Balaban J connectivity index is 2.25. The number of hydrogen-bond donors (Lipinski definition) is 1. The third-order valence-electron chi connectivity index (χ3n) is 2.84. The van der Waals surface area contributed by atoms with Crippen molar-refractivity contribution >= 4 is 5.69 Å². The summed E-state index contributed by atoms with van der Waals surface area (Å²) in [5, 5.41) is 0. The van der Waals surface area contributed by atoms with Gasteiger partial charge in [-0.3, -0.25) is 4.79 Å². The van der Waals surface area contributed by atoms with Gasteiger partial charge in [0.15, 0.2) is 0 Å². The third-order valence-corrected chi connectivity index (χ3v) is 2.84. The van der Waals surface area contributed by atoms with E-state index < -0.39 is 0 Å². The van der Waals surface area contributed by atoms with E-state index in [4.69, 9.17) is 5.73 Å². The molecule has 14 heavy (non-hydrogen) atoms. The zero-order chi connectivity index (χ0) is 10.1. The summed E-state index contributed by atoms with van der Waals surface area (Å²) in [5.74, 6) is 0. The number of aromatic nitrogens is 1. The van der Waals surface area contributed by atoms with Gasteiger partial charge in [0, 0.05) is 44.1 Å². The van der Waals surface area contributed by atoms with Gasteiger partial charge >= 0.3 is 0 Å². The maximum atomic E-state index is 11.4. The van der Waals surface area contributed by atoms with Gasteiger partial charge in [0.25, 0.3) is 5.56 Å². The van der Waals surface area contributed by atoms with Gasteiger partial charge in [-0.05, 0) is 12.5 Å². The van der Waals surface area contributed by atoms with E-state index in [2.05, 4.69) is 4.90 Å². The number of rotatable bonds is 2. The summed E-state index contributed by atoms with van der Waals surface area (Å²) in [6.45, 7) is 1.67. The van der Waals surface area contributed by atoms with E-state index >= 15 is 0 Å². The topological polar surface area (TPSA) is 51.3 Å². The molecule has 0 aliphatic carbocycles. The normalized spacial score (nSPS) is 20.7. The first-order valence-electron chi connectivity index (χ1n) is 4.86. The van der Waals surface area contributed by atoms with Crippen molar-refractivity contribution in [2.45, 2.75) is 12.5 Å². The van der Waals surface area contributed by atoms with Crippen LogP contribution in [0.3, 0.4) is 0 Å². The molecule has 1 atom stereocenters. The van der Waals surface area contributed by atoms with Crippen molar-refractivity contribution in [1.29, 1.82) is 0 Å².